The van der Waals surface area contributed by atoms with Crippen molar-refractivity contribution >= 4 is 11.4 Å². The normalized spacial score (nSPS) is 19.9. The van der Waals surface area contributed by atoms with Crippen LogP contribution >= 0.6 is 0 Å². The van der Waals surface area contributed by atoms with Crippen LogP contribution in [0.15, 0.2) is 48.8 Å². The number of hydrogen-bond donors (Lipinski definition) is 3. The van der Waals surface area contributed by atoms with Gasteiger partial charge in [0, 0.05) is 48.7 Å². The van der Waals surface area contributed by atoms with E-state index in [0.717, 1.165) is 11.4 Å². The Bertz CT molecular complexity index is 1080. The van der Waals surface area contributed by atoms with Gasteiger partial charge < -0.3 is 30.7 Å². The summed E-state index contributed by atoms with van der Waals surface area (Å²) in [5.41, 5.74) is 8.43. The standard InChI is InChI=1S/C27H36F3N5O2/c1-25(2)17-36-24(37-18-25)14-32-13-23(31)22-8-7-21(10-19(22)11-27(28,29)30)35-15-26(3,16-35)34-12-20-6-4-5-9-33-20/h4-10,13,24,32,34H,11-12,14-18,31H2,1-3H3/b23-13-. The molecule has 4 rings (SSSR count). The molecule has 202 valence electrons. The number of halogens is 3. The van der Waals surface area contributed by atoms with Crippen molar-refractivity contribution in [3.8, 4) is 0 Å². The zero-order valence-corrected chi connectivity index (χ0v) is 21.6. The van der Waals surface area contributed by atoms with Gasteiger partial charge >= 0.3 is 6.18 Å². The molecule has 4 N–H and O–H groups in total. The van der Waals surface area contributed by atoms with Crippen LogP contribution in [0.1, 0.15) is 37.6 Å². The molecular weight excluding hydrogens is 483 g/mol. The van der Waals surface area contributed by atoms with Gasteiger partial charge in [-0.2, -0.15) is 13.2 Å². The number of aromatic nitrogens is 1. The molecule has 0 bridgehead atoms. The van der Waals surface area contributed by atoms with Crippen LogP contribution in [0.2, 0.25) is 0 Å². The Morgan fingerprint density at radius 3 is 2.54 bits per heavy atom. The highest BCUT2D eigenvalue weighted by atomic mass is 19.4. The Morgan fingerprint density at radius 1 is 1.16 bits per heavy atom. The minimum Gasteiger partial charge on any atom is -0.397 e. The lowest BCUT2D eigenvalue weighted by atomic mass is 9.90. The zero-order chi connectivity index (χ0) is 26.7. The maximum atomic E-state index is 13.4. The van der Waals surface area contributed by atoms with E-state index in [2.05, 4.69) is 41.3 Å². The van der Waals surface area contributed by atoms with Crippen molar-refractivity contribution in [2.24, 2.45) is 11.1 Å². The zero-order valence-electron chi connectivity index (χ0n) is 21.6. The first-order chi connectivity index (χ1) is 17.4. The number of pyridine rings is 1. The fourth-order valence-corrected chi connectivity index (χ4v) is 4.51. The van der Waals surface area contributed by atoms with Crippen LogP contribution in [0.4, 0.5) is 18.9 Å². The van der Waals surface area contributed by atoms with Gasteiger partial charge in [0.25, 0.3) is 0 Å². The molecule has 0 unspecified atom stereocenters. The van der Waals surface area contributed by atoms with Gasteiger partial charge in [-0.3, -0.25) is 4.98 Å². The van der Waals surface area contributed by atoms with E-state index in [1.54, 1.807) is 18.3 Å². The highest BCUT2D eigenvalue weighted by molar-refractivity contribution is 5.69. The van der Waals surface area contributed by atoms with Crippen molar-refractivity contribution in [1.82, 2.24) is 15.6 Å². The molecule has 1 aromatic heterocycles. The first-order valence-corrected chi connectivity index (χ1v) is 12.4. The highest BCUT2D eigenvalue weighted by Gasteiger charge is 2.39. The van der Waals surface area contributed by atoms with Gasteiger partial charge in [-0.05, 0) is 36.8 Å². The number of nitrogens with zero attached hydrogens (tertiary/aromatic N) is 2. The lowest BCUT2D eigenvalue weighted by molar-refractivity contribution is -0.217. The van der Waals surface area contributed by atoms with E-state index in [4.69, 9.17) is 15.2 Å². The van der Waals surface area contributed by atoms with E-state index in [0.29, 0.717) is 45.0 Å². The molecule has 10 heteroatoms. The number of anilines is 1. The Labute approximate surface area is 216 Å². The second-order valence-corrected chi connectivity index (χ2v) is 10.9. The van der Waals surface area contributed by atoms with Crippen LogP contribution in [0, 0.1) is 5.41 Å². The summed E-state index contributed by atoms with van der Waals surface area (Å²) in [6.07, 6.45) is -2.57. The van der Waals surface area contributed by atoms with Crippen LogP contribution in [-0.2, 0) is 22.4 Å². The van der Waals surface area contributed by atoms with Crippen molar-refractivity contribution in [2.45, 2.75) is 51.7 Å². The van der Waals surface area contributed by atoms with Gasteiger partial charge in [-0.25, -0.2) is 0 Å². The molecule has 2 aliphatic rings. The third kappa shape index (κ3) is 7.59. The van der Waals surface area contributed by atoms with Crippen LogP contribution in [-0.4, -0.2) is 55.8 Å². The van der Waals surface area contributed by atoms with E-state index in [-0.39, 0.29) is 22.2 Å². The number of nitrogens with one attached hydrogen (secondary N) is 2. The first kappa shape index (κ1) is 27.2. The molecule has 0 radical (unpaired) electrons. The number of nitrogens with two attached hydrogens (primary N) is 1. The van der Waals surface area contributed by atoms with Crippen molar-refractivity contribution in [3.63, 3.8) is 0 Å². The summed E-state index contributed by atoms with van der Waals surface area (Å²) in [4.78, 5) is 6.39. The number of ether oxygens (including phenoxy) is 2. The van der Waals surface area contributed by atoms with Crippen LogP contribution in [0.25, 0.3) is 5.70 Å². The van der Waals surface area contributed by atoms with E-state index >= 15 is 0 Å². The Kier molecular flexibility index (Phi) is 8.01. The van der Waals surface area contributed by atoms with Crippen LogP contribution in [0.5, 0.6) is 0 Å². The average Bonchev–Trinajstić information content (AvgIpc) is 2.81. The molecule has 0 atom stereocenters. The molecule has 2 fully saturated rings. The lowest BCUT2D eigenvalue weighted by Crippen LogP contribution is -2.67. The minimum atomic E-state index is -4.36. The molecule has 0 saturated carbocycles. The van der Waals surface area contributed by atoms with Crippen molar-refractivity contribution < 1.29 is 22.6 Å². The maximum absolute atomic E-state index is 13.4. The lowest BCUT2D eigenvalue weighted by Gasteiger charge is -2.50. The Balaban J connectivity index is 1.39. The molecule has 2 aliphatic heterocycles. The molecule has 0 amide bonds. The smallest absolute Gasteiger partial charge is 0.393 e. The second-order valence-electron chi connectivity index (χ2n) is 10.9. The van der Waals surface area contributed by atoms with Gasteiger partial charge in [-0.1, -0.05) is 26.0 Å². The number of hydrogen-bond acceptors (Lipinski definition) is 7. The summed E-state index contributed by atoms with van der Waals surface area (Å²) in [5, 5.41) is 6.53. The molecule has 2 aromatic rings. The van der Waals surface area contributed by atoms with Crippen LogP contribution in [0.3, 0.4) is 0 Å². The minimum absolute atomic E-state index is 0.0390. The number of rotatable bonds is 9. The highest BCUT2D eigenvalue weighted by Crippen LogP contribution is 2.33. The average molecular weight is 520 g/mol. The van der Waals surface area contributed by atoms with Gasteiger partial charge in [0.15, 0.2) is 6.29 Å². The number of alkyl halides is 3. The van der Waals surface area contributed by atoms with Gasteiger partial charge in [0.2, 0.25) is 0 Å². The number of benzene rings is 1. The molecule has 3 heterocycles. The fourth-order valence-electron chi connectivity index (χ4n) is 4.51. The first-order valence-electron chi connectivity index (χ1n) is 12.4. The third-order valence-corrected chi connectivity index (χ3v) is 6.52. The van der Waals surface area contributed by atoms with Crippen molar-refractivity contribution in [1.29, 1.82) is 0 Å². The molecule has 0 aliphatic carbocycles. The summed E-state index contributed by atoms with van der Waals surface area (Å²) in [7, 11) is 0. The molecule has 1 aromatic carbocycles. The van der Waals surface area contributed by atoms with Gasteiger partial charge in [0.05, 0.1) is 43.1 Å². The van der Waals surface area contributed by atoms with Crippen molar-refractivity contribution in [2.75, 3.05) is 37.7 Å². The summed E-state index contributed by atoms with van der Waals surface area (Å²) < 4.78 is 51.6. The summed E-state index contributed by atoms with van der Waals surface area (Å²) in [6.45, 7) is 9.69. The topological polar surface area (TPSA) is 84.7 Å². The molecule has 7 nitrogen and oxygen atoms in total. The largest absolute Gasteiger partial charge is 0.397 e. The monoisotopic (exact) mass is 519 g/mol. The summed E-state index contributed by atoms with van der Waals surface area (Å²) in [6, 6.07) is 10.9. The Morgan fingerprint density at radius 2 is 1.89 bits per heavy atom. The molecule has 37 heavy (non-hydrogen) atoms. The van der Waals surface area contributed by atoms with Gasteiger partial charge in [0.1, 0.15) is 0 Å². The van der Waals surface area contributed by atoms with Gasteiger partial charge in [-0.15, -0.1) is 0 Å². The SMILES string of the molecule is CC1(C)COC(CN/C=C(\N)c2ccc(N3CC(C)(NCc4ccccn4)C3)cc2CC(F)(F)F)OC1. The quantitative estimate of drug-likeness (QED) is 0.465. The predicted molar refractivity (Wildman–Crippen MR) is 138 cm³/mol. The van der Waals surface area contributed by atoms with Crippen molar-refractivity contribution in [3.05, 3.63) is 65.6 Å². The molecular formula is C27H36F3N5O2. The molecule has 0 spiro atoms. The Hall–Kier alpha value is -2.82. The molecule has 2 saturated heterocycles. The van der Waals surface area contributed by atoms with E-state index < -0.39 is 18.9 Å². The predicted octanol–water partition coefficient (Wildman–Crippen LogP) is 3.80. The fraction of sp³-hybridized carbons (Fsp3) is 0.519. The van der Waals surface area contributed by atoms with E-state index in [9.17, 15) is 13.2 Å². The second kappa shape index (κ2) is 10.9. The third-order valence-electron chi connectivity index (χ3n) is 6.52. The van der Waals surface area contributed by atoms with E-state index in [1.807, 2.05) is 24.3 Å². The summed E-state index contributed by atoms with van der Waals surface area (Å²) >= 11 is 0. The van der Waals surface area contributed by atoms with E-state index in [1.165, 1.54) is 6.20 Å². The summed E-state index contributed by atoms with van der Waals surface area (Å²) in [5.74, 6) is 0. The maximum Gasteiger partial charge on any atom is 0.393 e. The van der Waals surface area contributed by atoms with Crippen LogP contribution < -0.4 is 21.3 Å².